The molecule has 1 N–H and O–H groups in total. The van der Waals surface area contributed by atoms with Gasteiger partial charge < -0.3 is 15.0 Å². The van der Waals surface area contributed by atoms with E-state index < -0.39 is 0 Å². The summed E-state index contributed by atoms with van der Waals surface area (Å²) >= 11 is 5.92. The first-order valence-electron chi connectivity index (χ1n) is 10.9. The van der Waals surface area contributed by atoms with Gasteiger partial charge in [-0.3, -0.25) is 4.79 Å². The van der Waals surface area contributed by atoms with E-state index in [2.05, 4.69) is 20.2 Å². The Bertz CT molecular complexity index is 1030. The van der Waals surface area contributed by atoms with Crippen molar-refractivity contribution in [3.8, 4) is 17.0 Å². The third-order valence-electron chi connectivity index (χ3n) is 5.85. The van der Waals surface area contributed by atoms with Crippen molar-refractivity contribution >= 4 is 23.3 Å². The van der Waals surface area contributed by atoms with E-state index >= 15 is 0 Å². The fourth-order valence-electron chi connectivity index (χ4n) is 3.94. The van der Waals surface area contributed by atoms with Crippen LogP contribution in [0.1, 0.15) is 18.4 Å². The minimum Gasteiger partial charge on any atom is -0.497 e. The highest BCUT2D eigenvalue weighted by Crippen LogP contribution is 2.26. The molecule has 6 nitrogen and oxygen atoms in total. The highest BCUT2D eigenvalue weighted by atomic mass is 35.5. The number of piperidine rings is 1. The van der Waals surface area contributed by atoms with Crippen LogP contribution in [0.15, 0.2) is 60.9 Å². The molecule has 0 radical (unpaired) electrons. The second kappa shape index (κ2) is 10.5. The maximum atomic E-state index is 12.6. The molecule has 2 aromatic carbocycles. The zero-order chi connectivity index (χ0) is 22.3. The number of amides is 1. The van der Waals surface area contributed by atoms with Crippen LogP contribution in [0.5, 0.6) is 5.75 Å². The summed E-state index contributed by atoms with van der Waals surface area (Å²) in [5.41, 5.74) is 3.06. The van der Waals surface area contributed by atoms with E-state index in [1.165, 1.54) is 5.56 Å². The van der Waals surface area contributed by atoms with Gasteiger partial charge in [-0.2, -0.15) is 0 Å². The Kier molecular flexibility index (Phi) is 7.22. The van der Waals surface area contributed by atoms with Crippen molar-refractivity contribution in [2.24, 2.45) is 5.92 Å². The molecule has 1 aliphatic heterocycles. The number of rotatable bonds is 7. The van der Waals surface area contributed by atoms with E-state index in [1.54, 1.807) is 13.4 Å². The number of nitrogens with one attached hydrogen (secondary N) is 1. The summed E-state index contributed by atoms with van der Waals surface area (Å²) in [5.74, 6) is 1.89. The van der Waals surface area contributed by atoms with E-state index in [0.717, 1.165) is 60.2 Å². The van der Waals surface area contributed by atoms with Gasteiger partial charge in [0.15, 0.2) is 0 Å². The summed E-state index contributed by atoms with van der Waals surface area (Å²) in [5, 5.41) is 3.81. The molecule has 1 aromatic heterocycles. The summed E-state index contributed by atoms with van der Waals surface area (Å²) in [7, 11) is 1.65. The maximum absolute atomic E-state index is 12.6. The van der Waals surface area contributed by atoms with Gasteiger partial charge in [0.1, 0.15) is 17.9 Å². The molecule has 4 rings (SSSR count). The van der Waals surface area contributed by atoms with Crippen LogP contribution >= 0.6 is 11.6 Å². The van der Waals surface area contributed by atoms with E-state index in [1.807, 2.05) is 54.6 Å². The summed E-state index contributed by atoms with van der Waals surface area (Å²) in [4.78, 5) is 23.7. The van der Waals surface area contributed by atoms with Crippen molar-refractivity contribution < 1.29 is 9.53 Å². The van der Waals surface area contributed by atoms with E-state index in [9.17, 15) is 4.79 Å². The lowest BCUT2D eigenvalue weighted by Crippen LogP contribution is -2.41. The third-order valence-corrected chi connectivity index (χ3v) is 6.11. The van der Waals surface area contributed by atoms with Crippen LogP contribution in [0.4, 0.5) is 5.82 Å². The SMILES string of the molecule is COc1ccc(-c2cc(N3CCC(C(=O)NCCc4ccc(Cl)cc4)CC3)ncn2)cc1. The first-order chi connectivity index (χ1) is 15.6. The molecule has 0 unspecified atom stereocenters. The molecule has 3 aromatic rings. The van der Waals surface area contributed by atoms with Crippen molar-refractivity contribution in [1.82, 2.24) is 15.3 Å². The molecule has 1 amide bonds. The highest BCUT2D eigenvalue weighted by molar-refractivity contribution is 6.30. The Hall–Kier alpha value is -3.12. The fraction of sp³-hybridized carbons (Fsp3) is 0.320. The average molecular weight is 451 g/mol. The smallest absolute Gasteiger partial charge is 0.223 e. The van der Waals surface area contributed by atoms with Crippen molar-refractivity contribution in [2.75, 3.05) is 31.6 Å². The summed E-state index contributed by atoms with van der Waals surface area (Å²) < 4.78 is 5.23. The zero-order valence-corrected chi connectivity index (χ0v) is 18.9. The van der Waals surface area contributed by atoms with E-state index in [4.69, 9.17) is 16.3 Å². The molecule has 0 saturated carbocycles. The van der Waals surface area contributed by atoms with Gasteiger partial charge in [0, 0.05) is 42.2 Å². The monoisotopic (exact) mass is 450 g/mol. The molecule has 32 heavy (non-hydrogen) atoms. The molecule has 166 valence electrons. The van der Waals surface area contributed by atoms with E-state index in [0.29, 0.717) is 6.54 Å². The second-order valence-electron chi connectivity index (χ2n) is 7.92. The van der Waals surface area contributed by atoms with Crippen LogP contribution in [0, 0.1) is 5.92 Å². The minimum atomic E-state index is 0.0411. The van der Waals surface area contributed by atoms with Gasteiger partial charge in [0.05, 0.1) is 12.8 Å². The summed E-state index contributed by atoms with van der Waals surface area (Å²) in [6.07, 6.45) is 4.03. The molecule has 1 saturated heterocycles. The third kappa shape index (κ3) is 5.56. The number of aromatic nitrogens is 2. The largest absolute Gasteiger partial charge is 0.497 e. The number of carbonyl (C=O) groups is 1. The van der Waals surface area contributed by atoms with Gasteiger partial charge in [0.2, 0.25) is 5.91 Å². The zero-order valence-electron chi connectivity index (χ0n) is 18.1. The Morgan fingerprint density at radius 2 is 1.81 bits per heavy atom. The van der Waals surface area contributed by atoms with E-state index in [-0.39, 0.29) is 11.8 Å². The van der Waals surface area contributed by atoms with Crippen molar-refractivity contribution in [2.45, 2.75) is 19.3 Å². The van der Waals surface area contributed by atoms with Crippen molar-refractivity contribution in [1.29, 1.82) is 0 Å². The highest BCUT2D eigenvalue weighted by Gasteiger charge is 2.25. The number of anilines is 1. The molecule has 0 aliphatic carbocycles. The Balaban J connectivity index is 1.28. The Morgan fingerprint density at radius 1 is 1.09 bits per heavy atom. The number of ether oxygens (including phenoxy) is 1. The molecule has 2 heterocycles. The normalized spacial score (nSPS) is 14.2. The molecule has 1 aliphatic rings. The number of nitrogens with zero attached hydrogens (tertiary/aromatic N) is 3. The first-order valence-corrected chi connectivity index (χ1v) is 11.2. The van der Waals surface area contributed by atoms with Gasteiger partial charge in [-0.25, -0.2) is 9.97 Å². The van der Waals surface area contributed by atoms with Gasteiger partial charge in [0.25, 0.3) is 0 Å². The van der Waals surface area contributed by atoms with Gasteiger partial charge >= 0.3 is 0 Å². The number of carbonyl (C=O) groups excluding carboxylic acids is 1. The van der Waals surface area contributed by atoms with Crippen LogP contribution < -0.4 is 15.0 Å². The van der Waals surface area contributed by atoms with Gasteiger partial charge in [-0.15, -0.1) is 0 Å². The van der Waals surface area contributed by atoms with Crippen molar-refractivity contribution in [3.63, 3.8) is 0 Å². The molecule has 0 spiro atoms. The van der Waals surface area contributed by atoms with Crippen molar-refractivity contribution in [3.05, 3.63) is 71.5 Å². The topological polar surface area (TPSA) is 67.3 Å². The Labute approximate surface area is 193 Å². The minimum absolute atomic E-state index is 0.0411. The number of hydrogen-bond acceptors (Lipinski definition) is 5. The lowest BCUT2D eigenvalue weighted by molar-refractivity contribution is -0.125. The summed E-state index contributed by atoms with van der Waals surface area (Å²) in [6, 6.07) is 17.6. The van der Waals surface area contributed by atoms with Crippen LogP contribution in [0.2, 0.25) is 5.02 Å². The molecule has 1 fully saturated rings. The lowest BCUT2D eigenvalue weighted by Gasteiger charge is -2.32. The molecule has 0 atom stereocenters. The maximum Gasteiger partial charge on any atom is 0.223 e. The number of benzene rings is 2. The fourth-order valence-corrected chi connectivity index (χ4v) is 4.06. The van der Waals surface area contributed by atoms with Crippen LogP contribution in [0.3, 0.4) is 0 Å². The number of halogens is 1. The predicted octanol–water partition coefficient (Wildman–Crippen LogP) is 4.38. The molecule has 0 bridgehead atoms. The number of hydrogen-bond donors (Lipinski definition) is 1. The summed E-state index contributed by atoms with van der Waals surface area (Å²) in [6.45, 7) is 2.24. The molecule has 7 heteroatoms. The van der Waals surface area contributed by atoms with Gasteiger partial charge in [-0.1, -0.05) is 23.7 Å². The quantitative estimate of drug-likeness (QED) is 0.578. The molecular weight excluding hydrogens is 424 g/mol. The van der Waals surface area contributed by atoms with Crippen LogP contribution in [-0.4, -0.2) is 42.6 Å². The average Bonchev–Trinajstić information content (AvgIpc) is 2.85. The lowest BCUT2D eigenvalue weighted by atomic mass is 9.95. The Morgan fingerprint density at radius 3 is 2.50 bits per heavy atom. The second-order valence-corrected chi connectivity index (χ2v) is 8.36. The van der Waals surface area contributed by atoms with Crippen LogP contribution in [-0.2, 0) is 11.2 Å². The van der Waals surface area contributed by atoms with Gasteiger partial charge in [-0.05, 0) is 61.2 Å². The predicted molar refractivity (Wildman–Crippen MR) is 127 cm³/mol. The standard InChI is InChI=1S/C25H27ClN4O2/c1-32-22-8-4-19(5-9-22)23-16-24(29-17-28-23)30-14-11-20(12-15-30)25(31)27-13-10-18-2-6-21(26)7-3-18/h2-9,16-17,20H,10-15H2,1H3,(H,27,31). The molecular formula is C25H27ClN4O2. The van der Waals surface area contributed by atoms with Crippen LogP contribution in [0.25, 0.3) is 11.3 Å². The number of methoxy groups -OCH3 is 1. The first kappa shape index (κ1) is 22.1.